The van der Waals surface area contributed by atoms with E-state index in [1.54, 1.807) is 0 Å². The molecule has 1 aromatic carbocycles. The lowest BCUT2D eigenvalue weighted by atomic mass is 10.0. The molecular weight excluding hydrogens is 280 g/mol. The monoisotopic (exact) mass is 290 g/mol. The molecule has 0 bridgehead atoms. The number of amides is 4. The number of phenols is 2. The van der Waals surface area contributed by atoms with Gasteiger partial charge in [-0.25, -0.2) is 0 Å². The number of imide groups is 2. The van der Waals surface area contributed by atoms with Crippen LogP contribution < -0.4 is 5.32 Å². The van der Waals surface area contributed by atoms with Crippen molar-refractivity contribution in [2.45, 2.75) is 18.9 Å². The maximum absolute atomic E-state index is 12.3. The molecule has 1 fully saturated rings. The van der Waals surface area contributed by atoms with Crippen molar-refractivity contribution in [3.63, 3.8) is 0 Å². The molecule has 8 nitrogen and oxygen atoms in total. The predicted molar refractivity (Wildman–Crippen MR) is 66.4 cm³/mol. The second-order valence-corrected chi connectivity index (χ2v) is 4.80. The van der Waals surface area contributed by atoms with Gasteiger partial charge in [-0.2, -0.15) is 0 Å². The molecule has 21 heavy (non-hydrogen) atoms. The Morgan fingerprint density at radius 3 is 2.48 bits per heavy atom. The van der Waals surface area contributed by atoms with Crippen LogP contribution in [0.3, 0.4) is 0 Å². The van der Waals surface area contributed by atoms with Crippen LogP contribution in [0.15, 0.2) is 12.1 Å². The quantitative estimate of drug-likeness (QED) is 0.473. The minimum absolute atomic E-state index is 0.0149. The van der Waals surface area contributed by atoms with Crippen molar-refractivity contribution in [1.29, 1.82) is 0 Å². The minimum atomic E-state index is -1.10. The Morgan fingerprint density at radius 1 is 1.10 bits per heavy atom. The summed E-state index contributed by atoms with van der Waals surface area (Å²) in [6, 6.07) is 1.20. The molecular formula is C13H10N2O6. The fraction of sp³-hybridized carbons (Fsp3) is 0.231. The van der Waals surface area contributed by atoms with Gasteiger partial charge in [-0.3, -0.25) is 29.4 Å². The molecule has 0 aromatic heterocycles. The molecule has 0 radical (unpaired) electrons. The highest BCUT2D eigenvalue weighted by Gasteiger charge is 2.46. The second kappa shape index (κ2) is 4.30. The summed E-state index contributed by atoms with van der Waals surface area (Å²) in [7, 11) is 0. The largest absolute Gasteiger partial charge is 0.504 e. The number of rotatable bonds is 1. The highest BCUT2D eigenvalue weighted by Crippen LogP contribution is 2.38. The van der Waals surface area contributed by atoms with Crippen LogP contribution in [0.4, 0.5) is 0 Å². The van der Waals surface area contributed by atoms with Crippen molar-refractivity contribution >= 4 is 23.6 Å². The molecule has 4 amide bonds. The number of nitrogens with zero attached hydrogens (tertiary/aromatic N) is 1. The topological polar surface area (TPSA) is 124 Å². The summed E-state index contributed by atoms with van der Waals surface area (Å²) in [4.78, 5) is 48.2. The third-order valence-corrected chi connectivity index (χ3v) is 3.56. The van der Waals surface area contributed by atoms with E-state index in [1.807, 2.05) is 0 Å². The smallest absolute Gasteiger partial charge is 0.266 e. The predicted octanol–water partition coefficient (Wildman–Crippen LogP) is -0.501. The van der Waals surface area contributed by atoms with Crippen molar-refractivity contribution in [2.24, 2.45) is 0 Å². The molecule has 3 rings (SSSR count). The minimum Gasteiger partial charge on any atom is -0.504 e. The summed E-state index contributed by atoms with van der Waals surface area (Å²) in [5, 5.41) is 21.2. The Labute approximate surface area is 118 Å². The third-order valence-electron chi connectivity index (χ3n) is 3.56. The summed E-state index contributed by atoms with van der Waals surface area (Å²) in [6.45, 7) is 0. The van der Waals surface area contributed by atoms with Gasteiger partial charge >= 0.3 is 0 Å². The van der Waals surface area contributed by atoms with Gasteiger partial charge in [-0.05, 0) is 18.6 Å². The van der Waals surface area contributed by atoms with E-state index in [9.17, 15) is 29.4 Å². The molecule has 0 unspecified atom stereocenters. The normalized spacial score (nSPS) is 21.5. The van der Waals surface area contributed by atoms with E-state index in [0.29, 0.717) is 4.90 Å². The summed E-state index contributed by atoms with van der Waals surface area (Å²) in [6.07, 6.45) is 0.0456. The van der Waals surface area contributed by atoms with Crippen LogP contribution in [0, 0.1) is 0 Å². The maximum atomic E-state index is 12.3. The number of hydrogen-bond acceptors (Lipinski definition) is 6. The Bertz CT molecular complexity index is 711. The maximum Gasteiger partial charge on any atom is 0.266 e. The SMILES string of the molecule is O=C1CC[C@H](N2C(=O)c3ccc(O)c(O)c3C2=O)C(=O)N1. The van der Waals surface area contributed by atoms with E-state index < -0.39 is 41.2 Å². The molecule has 1 aromatic rings. The van der Waals surface area contributed by atoms with E-state index in [2.05, 4.69) is 5.32 Å². The van der Waals surface area contributed by atoms with Crippen molar-refractivity contribution in [3.8, 4) is 11.5 Å². The van der Waals surface area contributed by atoms with Crippen molar-refractivity contribution in [1.82, 2.24) is 10.2 Å². The van der Waals surface area contributed by atoms with Gasteiger partial charge in [0.2, 0.25) is 11.8 Å². The van der Waals surface area contributed by atoms with Crippen LogP contribution in [-0.2, 0) is 9.59 Å². The van der Waals surface area contributed by atoms with Crippen LogP contribution >= 0.6 is 0 Å². The van der Waals surface area contributed by atoms with Gasteiger partial charge in [0.05, 0.1) is 11.1 Å². The van der Waals surface area contributed by atoms with Crippen molar-refractivity contribution in [2.75, 3.05) is 0 Å². The van der Waals surface area contributed by atoms with E-state index in [0.717, 1.165) is 6.07 Å². The van der Waals surface area contributed by atoms with Gasteiger partial charge in [0.15, 0.2) is 11.5 Å². The summed E-state index contributed by atoms with van der Waals surface area (Å²) >= 11 is 0. The first-order valence-corrected chi connectivity index (χ1v) is 6.18. The zero-order valence-corrected chi connectivity index (χ0v) is 10.6. The molecule has 0 spiro atoms. The van der Waals surface area contributed by atoms with Gasteiger partial charge in [0, 0.05) is 6.42 Å². The highest BCUT2D eigenvalue weighted by molar-refractivity contribution is 6.24. The average molecular weight is 290 g/mol. The van der Waals surface area contributed by atoms with Crippen molar-refractivity contribution in [3.05, 3.63) is 23.3 Å². The Balaban J connectivity index is 2.02. The van der Waals surface area contributed by atoms with E-state index in [1.165, 1.54) is 6.07 Å². The molecule has 1 atom stereocenters. The summed E-state index contributed by atoms with van der Waals surface area (Å²) in [5.74, 6) is -4.02. The number of fused-ring (bicyclic) bond motifs is 1. The number of piperidine rings is 1. The van der Waals surface area contributed by atoms with Crippen LogP contribution in [0.5, 0.6) is 11.5 Å². The number of nitrogens with one attached hydrogen (secondary N) is 1. The number of aromatic hydroxyl groups is 2. The molecule has 8 heteroatoms. The molecule has 3 N–H and O–H groups in total. The molecule has 0 saturated carbocycles. The lowest BCUT2D eigenvalue weighted by molar-refractivity contribution is -0.136. The van der Waals surface area contributed by atoms with E-state index in [-0.39, 0.29) is 24.0 Å². The van der Waals surface area contributed by atoms with Gasteiger partial charge in [0.25, 0.3) is 11.8 Å². The Kier molecular flexibility index (Phi) is 2.68. The molecule has 0 aliphatic carbocycles. The number of benzene rings is 1. The van der Waals surface area contributed by atoms with Gasteiger partial charge in [-0.15, -0.1) is 0 Å². The molecule has 2 aliphatic rings. The Morgan fingerprint density at radius 2 is 1.81 bits per heavy atom. The highest BCUT2D eigenvalue weighted by atomic mass is 16.3. The first kappa shape index (κ1) is 13.1. The summed E-state index contributed by atoms with van der Waals surface area (Å²) in [5.41, 5.74) is -0.412. The zero-order valence-electron chi connectivity index (χ0n) is 10.6. The Hall–Kier alpha value is -2.90. The molecule has 2 aliphatic heterocycles. The molecule has 108 valence electrons. The van der Waals surface area contributed by atoms with Crippen molar-refractivity contribution < 1.29 is 29.4 Å². The number of carbonyl (C=O) groups excluding carboxylic acids is 4. The lowest BCUT2D eigenvalue weighted by Gasteiger charge is -2.27. The first-order chi connectivity index (χ1) is 9.91. The third kappa shape index (κ3) is 1.76. The fourth-order valence-electron chi connectivity index (χ4n) is 2.53. The summed E-state index contributed by atoms with van der Waals surface area (Å²) < 4.78 is 0. The van der Waals surface area contributed by atoms with Gasteiger partial charge < -0.3 is 10.2 Å². The lowest BCUT2D eigenvalue weighted by Crippen LogP contribution is -2.54. The van der Waals surface area contributed by atoms with Crippen LogP contribution in [0.2, 0.25) is 0 Å². The first-order valence-electron chi connectivity index (χ1n) is 6.18. The fourth-order valence-corrected chi connectivity index (χ4v) is 2.53. The standard InChI is InChI=1S/C13H10N2O6/c16-7-3-1-5-9(10(7)18)13(21)15(12(5)20)6-2-4-8(17)14-11(6)19/h1,3,6,16,18H,2,4H2,(H,14,17,19)/t6-/m0/s1. The second-order valence-electron chi connectivity index (χ2n) is 4.80. The number of hydrogen-bond donors (Lipinski definition) is 3. The van der Waals surface area contributed by atoms with E-state index >= 15 is 0 Å². The zero-order chi connectivity index (χ0) is 15.3. The average Bonchev–Trinajstić information content (AvgIpc) is 2.67. The number of carbonyl (C=O) groups is 4. The number of phenolic OH excluding ortho intramolecular Hbond substituents is 2. The van der Waals surface area contributed by atoms with Crippen LogP contribution in [0.25, 0.3) is 0 Å². The van der Waals surface area contributed by atoms with Gasteiger partial charge in [-0.1, -0.05) is 0 Å². The van der Waals surface area contributed by atoms with Crippen LogP contribution in [-0.4, -0.2) is 44.8 Å². The van der Waals surface area contributed by atoms with Crippen LogP contribution in [0.1, 0.15) is 33.6 Å². The molecule has 2 heterocycles. The van der Waals surface area contributed by atoms with E-state index in [4.69, 9.17) is 0 Å². The van der Waals surface area contributed by atoms with Gasteiger partial charge in [0.1, 0.15) is 6.04 Å². The molecule has 1 saturated heterocycles.